The van der Waals surface area contributed by atoms with Gasteiger partial charge in [0.1, 0.15) is 23.6 Å². The number of nitrogens with zero attached hydrogens (tertiary/aromatic N) is 3. The van der Waals surface area contributed by atoms with Crippen LogP contribution in [0.3, 0.4) is 0 Å². The first-order valence-electron chi connectivity index (χ1n) is 9.67. The molecule has 4 heterocycles. The number of phosphoric ester groups is 1. The van der Waals surface area contributed by atoms with E-state index in [-0.39, 0.29) is 12.4 Å². The lowest BCUT2D eigenvalue weighted by Crippen LogP contribution is -2.46. The van der Waals surface area contributed by atoms with Crippen LogP contribution in [-0.4, -0.2) is 55.8 Å². The molecule has 0 aliphatic carbocycles. The van der Waals surface area contributed by atoms with E-state index in [1.807, 2.05) is 0 Å². The Hall–Kier alpha value is -1.70. The van der Waals surface area contributed by atoms with Crippen LogP contribution in [0.2, 0.25) is 0 Å². The molecule has 0 aromatic carbocycles. The maximum absolute atomic E-state index is 13.0. The zero-order valence-electron chi connectivity index (χ0n) is 16.9. The molecule has 32 heavy (non-hydrogen) atoms. The number of aliphatic hydroxyl groups is 2. The van der Waals surface area contributed by atoms with E-state index < -0.39 is 50.3 Å². The quantitative estimate of drug-likeness (QED) is 0.474. The first kappa shape index (κ1) is 23.5. The molecule has 4 N–H and O–H groups in total. The van der Waals surface area contributed by atoms with Crippen LogP contribution in [0.25, 0.3) is 0 Å². The van der Waals surface area contributed by atoms with Crippen LogP contribution >= 0.6 is 23.8 Å². The van der Waals surface area contributed by atoms with Gasteiger partial charge < -0.3 is 20.7 Å². The lowest BCUT2D eigenvalue weighted by atomic mass is 9.96. The van der Waals surface area contributed by atoms with Crippen LogP contribution in [0.4, 0.5) is 5.82 Å². The smallest absolute Gasteiger partial charge is 0.387 e. The third-order valence-corrected chi connectivity index (χ3v) is 7.15. The summed E-state index contributed by atoms with van der Waals surface area (Å²) in [6.45, 7) is 0.998. The predicted molar refractivity (Wildman–Crippen MR) is 113 cm³/mol. The van der Waals surface area contributed by atoms with Gasteiger partial charge in [-0.3, -0.25) is 23.1 Å². The van der Waals surface area contributed by atoms with Crippen molar-refractivity contribution in [1.82, 2.24) is 14.5 Å². The van der Waals surface area contributed by atoms with Gasteiger partial charge in [0.2, 0.25) is 0 Å². The number of nitrogens with two attached hydrogens (primary N) is 1. The number of rotatable bonds is 5. The van der Waals surface area contributed by atoms with E-state index in [0.717, 1.165) is 9.04 Å². The van der Waals surface area contributed by atoms with Crippen molar-refractivity contribution in [3.8, 4) is 0 Å². The number of halogens is 1. The largest absolute Gasteiger partial charge is 0.475 e. The highest BCUT2D eigenvalue weighted by molar-refractivity contribution is 9.10. The number of aromatic nitrogens is 3. The van der Waals surface area contributed by atoms with Crippen molar-refractivity contribution in [2.45, 2.75) is 43.5 Å². The summed E-state index contributed by atoms with van der Waals surface area (Å²) in [5, 5.41) is 21.3. The molecule has 0 spiro atoms. The third-order valence-electron chi connectivity index (χ3n) is 5.24. The van der Waals surface area contributed by atoms with Gasteiger partial charge in [-0.1, -0.05) is 0 Å². The molecule has 4 rings (SSSR count). The van der Waals surface area contributed by atoms with Crippen LogP contribution < -0.4 is 11.4 Å². The summed E-state index contributed by atoms with van der Waals surface area (Å²) in [7, 11) is -3.99. The summed E-state index contributed by atoms with van der Waals surface area (Å²) in [5.41, 5.74) is 3.55. The van der Waals surface area contributed by atoms with E-state index in [1.165, 1.54) is 19.2 Å². The minimum Gasteiger partial charge on any atom is -0.387 e. The van der Waals surface area contributed by atoms with Crippen molar-refractivity contribution >= 4 is 29.6 Å². The fraction of sp³-hybridized carbons (Fsp3) is 0.500. The highest BCUT2D eigenvalue weighted by atomic mass is 79.9. The number of anilines is 1. The molecular formula is C18H22BrN4O8P. The maximum Gasteiger partial charge on any atom is 0.475 e. The monoisotopic (exact) mass is 532 g/mol. The summed E-state index contributed by atoms with van der Waals surface area (Å²) in [6, 6.07) is 3.15. The average Bonchev–Trinajstić information content (AvgIpc) is 2.96. The lowest BCUT2D eigenvalue weighted by Gasteiger charge is -2.30. The molecule has 2 aliphatic rings. The van der Waals surface area contributed by atoms with E-state index >= 15 is 0 Å². The number of aliphatic hydroxyl groups excluding tert-OH is 1. The fourth-order valence-electron chi connectivity index (χ4n) is 3.56. The Balaban J connectivity index is 1.46. The van der Waals surface area contributed by atoms with Crippen molar-refractivity contribution < 1.29 is 33.1 Å². The van der Waals surface area contributed by atoms with Crippen LogP contribution in [0.1, 0.15) is 31.2 Å². The fourth-order valence-corrected chi connectivity index (χ4v) is 5.33. The van der Waals surface area contributed by atoms with Gasteiger partial charge in [-0.05, 0) is 35.0 Å². The molecule has 2 saturated heterocycles. The molecule has 2 aromatic heterocycles. The number of pyridine rings is 1. The summed E-state index contributed by atoms with van der Waals surface area (Å²) in [4.78, 5) is 19.8. The second-order valence-corrected chi connectivity index (χ2v) is 10.2. The average molecular weight is 533 g/mol. The number of nitrogen functional groups attached to an aromatic ring is 1. The zero-order chi connectivity index (χ0) is 23.1. The Morgan fingerprint density at radius 3 is 2.97 bits per heavy atom. The van der Waals surface area contributed by atoms with E-state index in [1.54, 1.807) is 18.5 Å². The van der Waals surface area contributed by atoms with E-state index in [4.69, 9.17) is 24.0 Å². The summed E-state index contributed by atoms with van der Waals surface area (Å²) in [6.07, 6.45) is 0.496. The molecule has 0 radical (unpaired) electrons. The van der Waals surface area contributed by atoms with E-state index in [9.17, 15) is 19.6 Å². The second-order valence-electron chi connectivity index (χ2n) is 7.64. The summed E-state index contributed by atoms with van der Waals surface area (Å²) >= 11 is 3.33. The van der Waals surface area contributed by atoms with Crippen LogP contribution in [0.15, 0.2) is 40.0 Å². The highest BCUT2D eigenvalue weighted by Gasteiger charge is 2.54. The Labute approximate surface area is 191 Å². The van der Waals surface area contributed by atoms with Crippen LogP contribution in [-0.2, 0) is 22.9 Å². The Kier molecular flexibility index (Phi) is 6.54. The Bertz CT molecular complexity index is 1100. The number of hydrogen-bond acceptors (Lipinski definition) is 11. The summed E-state index contributed by atoms with van der Waals surface area (Å²) in [5.74, 6) is 0.00390. The minimum absolute atomic E-state index is 0.00390. The molecule has 0 saturated carbocycles. The molecule has 6 atom stereocenters. The predicted octanol–water partition coefficient (Wildman–Crippen LogP) is 1.30. The second kappa shape index (κ2) is 8.92. The lowest BCUT2D eigenvalue weighted by molar-refractivity contribution is -0.0989. The van der Waals surface area contributed by atoms with E-state index in [2.05, 4.69) is 25.9 Å². The zero-order valence-corrected chi connectivity index (χ0v) is 19.4. The van der Waals surface area contributed by atoms with Crippen molar-refractivity contribution in [1.29, 1.82) is 0 Å². The Morgan fingerprint density at radius 2 is 2.25 bits per heavy atom. The van der Waals surface area contributed by atoms with Crippen LogP contribution in [0, 0.1) is 0 Å². The van der Waals surface area contributed by atoms with Gasteiger partial charge in [0.05, 0.1) is 19.3 Å². The normalized spacial score (nSPS) is 35.1. The van der Waals surface area contributed by atoms with Crippen molar-refractivity contribution in [3.63, 3.8) is 0 Å². The molecule has 2 aliphatic heterocycles. The van der Waals surface area contributed by atoms with Gasteiger partial charge in [0.15, 0.2) is 6.23 Å². The molecule has 14 heteroatoms. The van der Waals surface area contributed by atoms with Crippen molar-refractivity contribution in [2.75, 3.05) is 18.9 Å². The van der Waals surface area contributed by atoms with Gasteiger partial charge in [0.25, 0.3) is 0 Å². The van der Waals surface area contributed by atoms with Gasteiger partial charge in [-0.2, -0.15) is 4.98 Å². The molecule has 0 bridgehead atoms. The standard InChI is InChI=1S/C18H22BrN4O8P/c1-18(26)15(24)13(30-16(18)23-4-2-14(20)22-17(23)25)9-29-32(27)28-5-3-12(31-32)10-6-11(19)8-21-7-10/h2,4,6-8,12-13,15-16,24,26H,3,5,9H2,1H3,(H2,20,22,25)/t12?,13-,15-,16-,18-,32?/m1/s1. The molecule has 2 unspecified atom stereocenters. The SMILES string of the molecule is C[C@@]1(O)[C@H](O)[C@@H](COP2(=O)OCCC(c3cncc(Br)c3)O2)O[C@H]1n1ccc(N)nc1=O. The summed E-state index contributed by atoms with van der Waals surface area (Å²) < 4.78 is 36.6. The highest BCUT2D eigenvalue weighted by Crippen LogP contribution is 2.57. The first-order valence-corrected chi connectivity index (χ1v) is 11.9. The molecule has 0 amide bonds. The topological polar surface area (TPSA) is 168 Å². The molecule has 12 nitrogen and oxygen atoms in total. The minimum atomic E-state index is -3.99. The molecule has 2 fully saturated rings. The van der Waals surface area contributed by atoms with Gasteiger partial charge in [-0.15, -0.1) is 0 Å². The Morgan fingerprint density at radius 1 is 1.47 bits per heavy atom. The maximum atomic E-state index is 13.0. The number of ether oxygens (including phenoxy) is 1. The van der Waals surface area contributed by atoms with Gasteiger partial charge in [0, 0.05) is 35.0 Å². The molecule has 174 valence electrons. The van der Waals surface area contributed by atoms with E-state index in [0.29, 0.717) is 12.0 Å². The molecule has 2 aromatic rings. The van der Waals surface area contributed by atoms with Gasteiger partial charge in [-0.25, -0.2) is 9.36 Å². The van der Waals surface area contributed by atoms with Crippen molar-refractivity contribution in [3.05, 3.63) is 51.2 Å². The molecular weight excluding hydrogens is 511 g/mol. The van der Waals surface area contributed by atoms with Crippen molar-refractivity contribution in [2.24, 2.45) is 0 Å². The third kappa shape index (κ3) is 4.66. The number of phosphoric acid groups is 1. The van der Waals surface area contributed by atoms with Crippen LogP contribution in [0.5, 0.6) is 0 Å². The van der Waals surface area contributed by atoms with Gasteiger partial charge >= 0.3 is 13.5 Å². The number of hydrogen-bond donors (Lipinski definition) is 3. The first-order chi connectivity index (χ1) is 15.1.